The molecule has 3 unspecified atom stereocenters. The molecule has 3 rings (SSSR count). The van der Waals surface area contributed by atoms with E-state index < -0.39 is 33.4 Å². The van der Waals surface area contributed by atoms with Gasteiger partial charge in [-0.3, -0.25) is 0 Å². The number of aliphatic hydroxyl groups is 1. The Labute approximate surface area is 179 Å². The highest BCUT2D eigenvalue weighted by Gasteiger charge is 2.50. The Kier molecular flexibility index (Phi) is 6.82. The number of hydrogen-bond acceptors (Lipinski definition) is 6. The van der Waals surface area contributed by atoms with E-state index >= 15 is 0 Å². The third-order valence-corrected chi connectivity index (χ3v) is 5.81. The van der Waals surface area contributed by atoms with E-state index in [2.05, 4.69) is 9.73 Å². The number of amidine groups is 1. The molecule has 31 heavy (non-hydrogen) atoms. The Morgan fingerprint density at radius 2 is 1.90 bits per heavy atom. The lowest BCUT2D eigenvalue weighted by Crippen LogP contribution is -2.56. The molecule has 0 radical (unpaired) electrons. The number of nitrogens with zero attached hydrogens (tertiary/aromatic N) is 2. The molecule has 0 bridgehead atoms. The van der Waals surface area contributed by atoms with Crippen molar-refractivity contribution in [3.05, 3.63) is 53.6 Å². The highest BCUT2D eigenvalue weighted by molar-refractivity contribution is 7.79. The minimum absolute atomic E-state index is 0.136. The van der Waals surface area contributed by atoms with Crippen molar-refractivity contribution < 1.29 is 36.5 Å². The van der Waals surface area contributed by atoms with Gasteiger partial charge < -0.3 is 19.1 Å². The summed E-state index contributed by atoms with van der Waals surface area (Å²) in [5.41, 5.74) is 1.82. The molecule has 11 heteroatoms. The maximum Gasteiger partial charge on any atom is 0.573 e. The van der Waals surface area contributed by atoms with Gasteiger partial charge in [0.25, 0.3) is 5.84 Å². The van der Waals surface area contributed by atoms with Crippen LogP contribution in [0.3, 0.4) is 0 Å². The Morgan fingerprint density at radius 3 is 2.45 bits per heavy atom. The first-order valence-electron chi connectivity index (χ1n) is 9.35. The summed E-state index contributed by atoms with van der Waals surface area (Å²) >= 11 is -2.82. The Bertz CT molecular complexity index is 997. The summed E-state index contributed by atoms with van der Waals surface area (Å²) in [6.45, 7) is 1.66. The molecule has 0 saturated carbocycles. The Hall–Kier alpha value is -2.31. The normalized spacial score (nSPS) is 20.2. The zero-order valence-corrected chi connectivity index (χ0v) is 17.6. The van der Waals surface area contributed by atoms with Crippen LogP contribution in [0.2, 0.25) is 0 Å². The van der Waals surface area contributed by atoms with E-state index in [4.69, 9.17) is 4.74 Å². The van der Waals surface area contributed by atoms with Crippen LogP contribution in [-0.2, 0) is 22.4 Å². The summed E-state index contributed by atoms with van der Waals surface area (Å²) in [5, 5.41) is 11.0. The number of benzene rings is 2. The number of alkyl halides is 3. The van der Waals surface area contributed by atoms with Gasteiger partial charge in [0, 0.05) is 13.2 Å². The molecule has 168 valence electrons. The second kappa shape index (κ2) is 9.05. The van der Waals surface area contributed by atoms with Crippen LogP contribution in [0.15, 0.2) is 47.5 Å². The van der Waals surface area contributed by atoms with Crippen molar-refractivity contribution in [2.45, 2.75) is 32.2 Å². The minimum atomic E-state index is -4.85. The predicted molar refractivity (Wildman–Crippen MR) is 108 cm³/mol. The number of aryl methyl sites for hydroxylation is 1. The van der Waals surface area contributed by atoms with Crippen molar-refractivity contribution >= 4 is 28.5 Å². The summed E-state index contributed by atoms with van der Waals surface area (Å²) < 4.78 is 70.1. The molecule has 0 aliphatic carbocycles. The van der Waals surface area contributed by atoms with Gasteiger partial charge in [0.05, 0.1) is 0 Å². The number of ether oxygens (including phenoxy) is 2. The molecule has 3 atom stereocenters. The lowest BCUT2D eigenvalue weighted by molar-refractivity contribution is -0.274. The molecule has 1 aliphatic heterocycles. The topological polar surface area (TPSA) is 91.2 Å². The van der Waals surface area contributed by atoms with E-state index in [9.17, 15) is 27.0 Å². The number of aliphatic hydroxyl groups excluding tert-OH is 1. The number of rotatable bonds is 8. The highest BCUT2D eigenvalue weighted by atomic mass is 32.2. The molecular weight excluding hydrogens is 437 g/mol. The summed E-state index contributed by atoms with van der Waals surface area (Å²) in [4.78, 5) is 4.40. The van der Waals surface area contributed by atoms with Crippen LogP contribution in [0, 0.1) is 0 Å². The number of hydrogen-bond donors (Lipinski definition) is 1. The summed E-state index contributed by atoms with van der Waals surface area (Å²) in [5.74, 6) is -0.599. The first kappa shape index (κ1) is 23.4. The molecule has 2 aromatic carbocycles. The average Bonchev–Trinajstić information content (AvgIpc) is 3.02. The molecule has 0 saturated heterocycles. The zero-order valence-electron chi connectivity index (χ0n) is 16.8. The van der Waals surface area contributed by atoms with Crippen LogP contribution in [0.4, 0.5) is 24.5 Å². The lowest BCUT2D eigenvalue weighted by Gasteiger charge is -2.35. The number of fused-ring (bicyclic) bond motifs is 1. The predicted octanol–water partition coefficient (Wildman–Crippen LogP) is 4.02. The van der Waals surface area contributed by atoms with E-state index in [-0.39, 0.29) is 18.1 Å². The first-order chi connectivity index (χ1) is 14.6. The quantitative estimate of drug-likeness (QED) is 0.477. The van der Waals surface area contributed by atoms with Gasteiger partial charge in [-0.15, -0.1) is 17.1 Å². The molecule has 7 nitrogen and oxygen atoms in total. The van der Waals surface area contributed by atoms with E-state index in [0.717, 1.165) is 30.5 Å². The van der Waals surface area contributed by atoms with Crippen LogP contribution >= 0.6 is 0 Å². The molecule has 2 aromatic rings. The number of quaternary nitrogens is 1. The van der Waals surface area contributed by atoms with Crippen molar-refractivity contribution in [3.63, 3.8) is 0 Å². The van der Waals surface area contributed by atoms with Gasteiger partial charge >= 0.3 is 6.36 Å². The maximum atomic E-state index is 12.4. The third-order valence-electron chi connectivity index (χ3n) is 4.81. The van der Waals surface area contributed by atoms with Gasteiger partial charge in [-0.05, 0) is 35.7 Å². The van der Waals surface area contributed by atoms with Gasteiger partial charge in [0.15, 0.2) is 23.1 Å². The molecule has 0 spiro atoms. The molecule has 0 fully saturated rings. The van der Waals surface area contributed by atoms with Crippen LogP contribution in [-0.4, -0.2) is 39.9 Å². The summed E-state index contributed by atoms with van der Waals surface area (Å²) in [7, 11) is 1.32. The molecule has 1 N–H and O–H groups in total. The molecule has 0 aromatic heterocycles. The van der Waals surface area contributed by atoms with Crippen molar-refractivity contribution in [3.8, 4) is 5.75 Å². The number of methoxy groups -OCH3 is 1. The Balaban J connectivity index is 2.04. The second-order valence-electron chi connectivity index (χ2n) is 6.94. The van der Waals surface area contributed by atoms with Crippen LogP contribution < -0.4 is 8.63 Å². The monoisotopic (exact) mass is 458 g/mol. The molecule has 1 heterocycles. The van der Waals surface area contributed by atoms with Crippen LogP contribution in [0.25, 0.3) is 0 Å². The zero-order chi connectivity index (χ0) is 22.8. The van der Waals surface area contributed by atoms with Gasteiger partial charge in [-0.1, -0.05) is 31.5 Å². The van der Waals surface area contributed by atoms with E-state index in [1.165, 1.54) is 19.2 Å². The van der Waals surface area contributed by atoms with Crippen molar-refractivity contribution in [2.75, 3.05) is 13.8 Å². The molecule has 1 aliphatic rings. The largest absolute Gasteiger partial charge is 0.724 e. The van der Waals surface area contributed by atoms with Gasteiger partial charge in [0.2, 0.25) is 6.73 Å². The fourth-order valence-electron chi connectivity index (χ4n) is 3.51. The van der Waals surface area contributed by atoms with Crippen LogP contribution in [0.5, 0.6) is 5.75 Å². The van der Waals surface area contributed by atoms with Gasteiger partial charge in [0.1, 0.15) is 11.4 Å². The smallest absolute Gasteiger partial charge is 0.573 e. The van der Waals surface area contributed by atoms with E-state index in [1.54, 1.807) is 18.2 Å². The van der Waals surface area contributed by atoms with Gasteiger partial charge in [-0.25, -0.2) is 4.21 Å². The highest BCUT2D eigenvalue weighted by Crippen LogP contribution is 2.45. The first-order valence-corrected chi connectivity index (χ1v) is 10.4. The molecule has 0 amide bonds. The fraction of sp³-hybridized carbons (Fsp3) is 0.350. The third kappa shape index (κ3) is 4.65. The van der Waals surface area contributed by atoms with E-state index in [1.807, 2.05) is 6.92 Å². The second-order valence-corrected chi connectivity index (χ2v) is 7.99. The number of halogens is 3. The van der Waals surface area contributed by atoms with Crippen molar-refractivity contribution in [1.82, 2.24) is 3.89 Å². The van der Waals surface area contributed by atoms with Crippen molar-refractivity contribution in [1.29, 1.82) is 0 Å². The van der Waals surface area contributed by atoms with E-state index in [0.29, 0.717) is 11.4 Å². The number of aliphatic imine (C=N–C) groups is 1. The standard InChI is InChI=1S/C20H21F3N2O5S/c1-3-4-13-5-10-17-16(11-13)24-19(25(17,12-29-2)31(27)28)18(26)14-6-8-15(9-7-14)30-20(21,22)23/h5-11,18,26H,3-4,12H2,1-2H3. The lowest BCUT2D eigenvalue weighted by atomic mass is 10.1. The summed E-state index contributed by atoms with van der Waals surface area (Å²) in [6.07, 6.45) is -4.71. The van der Waals surface area contributed by atoms with Crippen molar-refractivity contribution in [2.24, 2.45) is 4.99 Å². The summed E-state index contributed by atoms with van der Waals surface area (Å²) in [6, 6.07) is 9.70. The minimum Gasteiger partial charge on any atom is -0.724 e. The fourth-order valence-corrected chi connectivity index (χ4v) is 4.31. The van der Waals surface area contributed by atoms with Crippen LogP contribution in [0.1, 0.15) is 30.6 Å². The Morgan fingerprint density at radius 1 is 1.23 bits per heavy atom. The van der Waals surface area contributed by atoms with Gasteiger partial charge in [-0.2, -0.15) is 4.99 Å². The average molecular weight is 458 g/mol. The maximum absolute atomic E-state index is 12.4. The molecular formula is C20H21F3N2O5S. The SMILES string of the molecule is CCCc1ccc2c(c1)N=C(C(O)c1ccc(OC(F)(F)F)cc1)[N+]2(COC)S(=O)[O-].